The third kappa shape index (κ3) is 1.37. The number of rotatable bonds is 1. The standard InChI is InChI=1S/C9H6F2N2O/c10-9(11)7-3-8(14)5-4-12-2-1-6(5)13-7/h1-4,9H,(H,13,14). The van der Waals surface area contributed by atoms with Gasteiger partial charge in [0.1, 0.15) is 0 Å². The third-order valence-electron chi connectivity index (χ3n) is 1.89. The lowest BCUT2D eigenvalue weighted by molar-refractivity contribution is 0.146. The minimum absolute atomic E-state index is 0.317. The molecule has 1 N–H and O–H groups in total. The fraction of sp³-hybridized carbons (Fsp3) is 0.111. The number of fused-ring (bicyclic) bond motifs is 1. The van der Waals surface area contributed by atoms with Crippen LogP contribution < -0.4 is 5.43 Å². The lowest BCUT2D eigenvalue weighted by atomic mass is 10.2. The molecule has 2 heterocycles. The average Bonchev–Trinajstić information content (AvgIpc) is 2.17. The number of aromatic nitrogens is 2. The average molecular weight is 196 g/mol. The monoisotopic (exact) mass is 196 g/mol. The lowest BCUT2D eigenvalue weighted by Crippen LogP contribution is -2.05. The molecule has 0 bridgehead atoms. The highest BCUT2D eigenvalue weighted by Gasteiger charge is 2.09. The molecule has 0 fully saturated rings. The van der Waals surface area contributed by atoms with Crippen LogP contribution in [0.15, 0.2) is 29.3 Å². The van der Waals surface area contributed by atoms with Crippen molar-refractivity contribution in [3.05, 3.63) is 40.4 Å². The highest BCUT2D eigenvalue weighted by Crippen LogP contribution is 2.16. The van der Waals surface area contributed by atoms with E-state index in [9.17, 15) is 13.6 Å². The maximum atomic E-state index is 12.3. The van der Waals surface area contributed by atoms with Crippen LogP contribution in [0.3, 0.4) is 0 Å². The molecule has 3 nitrogen and oxygen atoms in total. The molecule has 72 valence electrons. The molecule has 0 aliphatic rings. The molecule has 5 heteroatoms. The zero-order valence-electron chi connectivity index (χ0n) is 7.00. The summed E-state index contributed by atoms with van der Waals surface area (Å²) in [6, 6.07) is 2.39. The molecule has 0 radical (unpaired) electrons. The number of nitrogens with one attached hydrogen (secondary N) is 1. The topological polar surface area (TPSA) is 45.8 Å². The molecule has 14 heavy (non-hydrogen) atoms. The van der Waals surface area contributed by atoms with Gasteiger partial charge in [0.15, 0.2) is 5.43 Å². The van der Waals surface area contributed by atoms with Crippen LogP contribution in [-0.2, 0) is 0 Å². The summed E-state index contributed by atoms with van der Waals surface area (Å²) in [7, 11) is 0. The van der Waals surface area contributed by atoms with Crippen LogP contribution in [0.1, 0.15) is 12.1 Å². The Morgan fingerprint density at radius 3 is 2.93 bits per heavy atom. The number of aromatic amines is 1. The summed E-state index contributed by atoms with van der Waals surface area (Å²) in [5.74, 6) is 0. The molecule has 0 aliphatic carbocycles. The second-order valence-corrected chi connectivity index (χ2v) is 2.81. The third-order valence-corrected chi connectivity index (χ3v) is 1.89. The van der Waals surface area contributed by atoms with E-state index in [-0.39, 0.29) is 5.69 Å². The molecule has 0 saturated heterocycles. The summed E-state index contributed by atoms with van der Waals surface area (Å²) in [6.07, 6.45) is 0.122. The number of halogens is 2. The Balaban J connectivity index is 2.79. The van der Waals surface area contributed by atoms with E-state index in [2.05, 4.69) is 9.97 Å². The van der Waals surface area contributed by atoms with Gasteiger partial charge in [-0.05, 0) is 6.07 Å². The highest BCUT2D eigenvalue weighted by atomic mass is 19.3. The van der Waals surface area contributed by atoms with Gasteiger partial charge in [-0.3, -0.25) is 9.78 Å². The summed E-state index contributed by atoms with van der Waals surface area (Å²) in [6.45, 7) is 0. The Bertz CT molecular complexity index is 521. The van der Waals surface area contributed by atoms with E-state index in [0.29, 0.717) is 10.9 Å². The summed E-state index contributed by atoms with van der Waals surface area (Å²) < 4.78 is 24.6. The number of H-pyrrole nitrogens is 1. The molecule has 0 unspecified atom stereocenters. The minimum Gasteiger partial charge on any atom is -0.353 e. The smallest absolute Gasteiger partial charge is 0.278 e. The van der Waals surface area contributed by atoms with Crippen molar-refractivity contribution in [2.45, 2.75) is 6.43 Å². The lowest BCUT2D eigenvalue weighted by Gasteiger charge is -2.01. The van der Waals surface area contributed by atoms with Crippen molar-refractivity contribution < 1.29 is 8.78 Å². The van der Waals surface area contributed by atoms with E-state index < -0.39 is 11.9 Å². The van der Waals surface area contributed by atoms with Crippen molar-refractivity contribution in [1.82, 2.24) is 9.97 Å². The van der Waals surface area contributed by atoms with Crippen LogP contribution in [0, 0.1) is 0 Å². The second-order valence-electron chi connectivity index (χ2n) is 2.81. The van der Waals surface area contributed by atoms with Gasteiger partial charge in [0.05, 0.1) is 16.6 Å². The van der Waals surface area contributed by atoms with Crippen molar-refractivity contribution in [2.75, 3.05) is 0 Å². The van der Waals surface area contributed by atoms with E-state index >= 15 is 0 Å². The Morgan fingerprint density at radius 1 is 1.43 bits per heavy atom. The Morgan fingerprint density at radius 2 is 2.21 bits per heavy atom. The van der Waals surface area contributed by atoms with Gasteiger partial charge in [-0.1, -0.05) is 0 Å². The quantitative estimate of drug-likeness (QED) is 0.756. The predicted octanol–water partition coefficient (Wildman–Crippen LogP) is 1.86. The minimum atomic E-state index is -2.67. The van der Waals surface area contributed by atoms with Crippen LogP contribution in [0.2, 0.25) is 0 Å². The van der Waals surface area contributed by atoms with Gasteiger partial charge in [-0.15, -0.1) is 0 Å². The Hall–Kier alpha value is -1.78. The van der Waals surface area contributed by atoms with Gasteiger partial charge in [0.25, 0.3) is 6.43 Å². The SMILES string of the molecule is O=c1cc(C(F)F)[nH]c2ccncc12. The number of hydrogen-bond acceptors (Lipinski definition) is 2. The van der Waals surface area contributed by atoms with Gasteiger partial charge in [0.2, 0.25) is 0 Å². The molecule has 0 atom stereocenters. The van der Waals surface area contributed by atoms with E-state index in [4.69, 9.17) is 0 Å². The van der Waals surface area contributed by atoms with Gasteiger partial charge in [-0.25, -0.2) is 8.78 Å². The van der Waals surface area contributed by atoms with E-state index in [1.807, 2.05) is 0 Å². The first-order valence-electron chi connectivity index (χ1n) is 3.93. The first-order chi connectivity index (χ1) is 6.68. The molecule has 0 saturated carbocycles. The van der Waals surface area contributed by atoms with Crippen molar-refractivity contribution in [1.29, 1.82) is 0 Å². The molecule has 0 spiro atoms. The molecule has 0 aliphatic heterocycles. The molecule has 0 aromatic carbocycles. The van der Waals surface area contributed by atoms with Crippen LogP contribution in [0.25, 0.3) is 10.9 Å². The van der Waals surface area contributed by atoms with Gasteiger partial charge in [0, 0.05) is 18.5 Å². The largest absolute Gasteiger partial charge is 0.353 e. The maximum absolute atomic E-state index is 12.3. The molecular weight excluding hydrogens is 190 g/mol. The molecular formula is C9H6F2N2O. The highest BCUT2D eigenvalue weighted by molar-refractivity contribution is 5.77. The first-order valence-corrected chi connectivity index (χ1v) is 3.93. The van der Waals surface area contributed by atoms with Gasteiger partial charge in [-0.2, -0.15) is 0 Å². The maximum Gasteiger partial charge on any atom is 0.278 e. The molecule has 2 aromatic heterocycles. The van der Waals surface area contributed by atoms with Crippen molar-refractivity contribution in [3.63, 3.8) is 0 Å². The van der Waals surface area contributed by atoms with Gasteiger partial charge < -0.3 is 4.98 Å². The van der Waals surface area contributed by atoms with E-state index in [1.54, 1.807) is 0 Å². The number of hydrogen-bond donors (Lipinski definition) is 1. The molecule has 2 rings (SSSR count). The van der Waals surface area contributed by atoms with Crippen molar-refractivity contribution >= 4 is 10.9 Å². The normalized spacial score (nSPS) is 11.1. The summed E-state index contributed by atoms with van der Waals surface area (Å²) in [5, 5.41) is 0.317. The van der Waals surface area contributed by atoms with Crippen LogP contribution >= 0.6 is 0 Å². The Labute approximate surface area is 77.4 Å². The number of pyridine rings is 2. The van der Waals surface area contributed by atoms with Crippen LogP contribution in [0.4, 0.5) is 8.78 Å². The van der Waals surface area contributed by atoms with E-state index in [0.717, 1.165) is 6.07 Å². The summed E-state index contributed by atoms with van der Waals surface area (Å²) in [5.41, 5.74) is -0.432. The fourth-order valence-electron chi connectivity index (χ4n) is 1.23. The number of alkyl halides is 2. The second kappa shape index (κ2) is 3.17. The summed E-state index contributed by atoms with van der Waals surface area (Å²) >= 11 is 0. The van der Waals surface area contributed by atoms with Gasteiger partial charge >= 0.3 is 0 Å². The molecule has 0 amide bonds. The van der Waals surface area contributed by atoms with Crippen molar-refractivity contribution in [2.24, 2.45) is 0 Å². The van der Waals surface area contributed by atoms with Crippen LogP contribution in [-0.4, -0.2) is 9.97 Å². The number of nitrogens with zero attached hydrogens (tertiary/aromatic N) is 1. The van der Waals surface area contributed by atoms with Crippen LogP contribution in [0.5, 0.6) is 0 Å². The predicted molar refractivity (Wildman–Crippen MR) is 47.3 cm³/mol. The van der Waals surface area contributed by atoms with E-state index in [1.165, 1.54) is 18.5 Å². The zero-order valence-corrected chi connectivity index (χ0v) is 7.00. The fourth-order valence-corrected chi connectivity index (χ4v) is 1.23. The zero-order chi connectivity index (χ0) is 10.1. The first kappa shape index (κ1) is 8.80. The Kier molecular flexibility index (Phi) is 1.99. The van der Waals surface area contributed by atoms with Crippen molar-refractivity contribution in [3.8, 4) is 0 Å². The molecule has 2 aromatic rings. The summed E-state index contributed by atoms with van der Waals surface area (Å²) in [4.78, 5) is 17.5.